The molecular formula is C14H19N3OS. The van der Waals surface area contributed by atoms with Crippen LogP contribution in [-0.4, -0.2) is 33.5 Å². The smallest absolute Gasteiger partial charge is 0.0731 e. The van der Waals surface area contributed by atoms with Crippen LogP contribution < -0.4 is 5.32 Å². The zero-order chi connectivity index (χ0) is 13.5. The van der Waals surface area contributed by atoms with E-state index in [4.69, 9.17) is 5.11 Å². The summed E-state index contributed by atoms with van der Waals surface area (Å²) < 4.78 is 1.74. The summed E-state index contributed by atoms with van der Waals surface area (Å²) in [5, 5.41) is 16.6. The number of nitrogens with zero attached hydrogens (tertiary/aromatic N) is 2. The van der Waals surface area contributed by atoms with Crippen molar-refractivity contribution in [3.63, 3.8) is 0 Å². The lowest BCUT2D eigenvalue weighted by Crippen LogP contribution is -2.12. The summed E-state index contributed by atoms with van der Waals surface area (Å²) in [7, 11) is 0. The third-order valence-electron chi connectivity index (χ3n) is 2.84. The summed E-state index contributed by atoms with van der Waals surface area (Å²) in [6.45, 7) is 0.633. The number of hydrogen-bond acceptors (Lipinski definition) is 4. The summed E-state index contributed by atoms with van der Waals surface area (Å²) in [5.74, 6) is 0.995. The number of aliphatic hydroxyl groups is 1. The molecule has 1 unspecified atom stereocenters. The molecule has 5 heteroatoms. The van der Waals surface area contributed by atoms with E-state index >= 15 is 0 Å². The van der Waals surface area contributed by atoms with Crippen LogP contribution >= 0.6 is 11.8 Å². The predicted octanol–water partition coefficient (Wildman–Crippen LogP) is 2.39. The van der Waals surface area contributed by atoms with Gasteiger partial charge in [0.25, 0.3) is 0 Å². The Hall–Kier alpha value is -1.46. The molecule has 19 heavy (non-hydrogen) atoms. The number of benzene rings is 1. The molecule has 2 rings (SSSR count). The number of aromatic nitrogens is 2. The van der Waals surface area contributed by atoms with Gasteiger partial charge in [-0.2, -0.15) is 16.9 Å². The minimum Gasteiger partial charge on any atom is -0.394 e. The van der Waals surface area contributed by atoms with Crippen LogP contribution in [-0.2, 0) is 6.54 Å². The fourth-order valence-corrected chi connectivity index (χ4v) is 2.55. The lowest BCUT2D eigenvalue weighted by atomic mass is 10.1. The summed E-state index contributed by atoms with van der Waals surface area (Å²) in [6, 6.07) is 10.7. The summed E-state index contributed by atoms with van der Waals surface area (Å²) in [6.07, 6.45) is 5.82. The molecule has 0 radical (unpaired) electrons. The van der Waals surface area contributed by atoms with Gasteiger partial charge in [0.05, 0.1) is 31.1 Å². The van der Waals surface area contributed by atoms with Gasteiger partial charge in [-0.15, -0.1) is 0 Å². The summed E-state index contributed by atoms with van der Waals surface area (Å²) in [5.41, 5.74) is 2.25. The van der Waals surface area contributed by atoms with Gasteiger partial charge in [-0.05, 0) is 11.8 Å². The molecule has 1 heterocycles. The fourth-order valence-electron chi connectivity index (χ4n) is 1.94. The van der Waals surface area contributed by atoms with Crippen LogP contribution in [0.3, 0.4) is 0 Å². The molecule has 1 aromatic heterocycles. The first-order valence-electron chi connectivity index (χ1n) is 6.27. The Morgan fingerprint density at radius 2 is 2.16 bits per heavy atom. The highest BCUT2D eigenvalue weighted by atomic mass is 32.2. The monoisotopic (exact) mass is 277 g/mol. The molecule has 0 aliphatic heterocycles. The molecular weight excluding hydrogens is 258 g/mol. The van der Waals surface area contributed by atoms with Crippen LogP contribution in [0.1, 0.15) is 11.6 Å². The fraction of sp³-hybridized carbons (Fsp3) is 0.357. The lowest BCUT2D eigenvalue weighted by Gasteiger charge is -2.18. The van der Waals surface area contributed by atoms with Crippen molar-refractivity contribution < 1.29 is 5.11 Å². The number of thioether (sulfide) groups is 1. The average Bonchev–Trinajstić information content (AvgIpc) is 2.87. The van der Waals surface area contributed by atoms with Gasteiger partial charge in [-0.1, -0.05) is 30.3 Å². The molecule has 102 valence electrons. The molecule has 0 aliphatic rings. The van der Waals surface area contributed by atoms with E-state index in [0.29, 0.717) is 6.54 Å². The number of hydrogen-bond donors (Lipinski definition) is 2. The van der Waals surface area contributed by atoms with Crippen molar-refractivity contribution in [2.75, 3.05) is 23.9 Å². The van der Waals surface area contributed by atoms with Crippen LogP contribution in [0.15, 0.2) is 42.7 Å². The van der Waals surface area contributed by atoms with Gasteiger partial charge in [0.15, 0.2) is 0 Å². The van der Waals surface area contributed by atoms with E-state index in [-0.39, 0.29) is 12.6 Å². The van der Waals surface area contributed by atoms with E-state index in [1.807, 2.05) is 24.0 Å². The van der Waals surface area contributed by atoms with Gasteiger partial charge in [-0.3, -0.25) is 4.68 Å². The van der Waals surface area contributed by atoms with Crippen molar-refractivity contribution in [2.45, 2.75) is 12.6 Å². The maximum atomic E-state index is 8.89. The molecule has 0 amide bonds. The van der Waals surface area contributed by atoms with E-state index in [1.54, 1.807) is 10.9 Å². The topological polar surface area (TPSA) is 50.1 Å². The van der Waals surface area contributed by atoms with E-state index in [0.717, 1.165) is 11.4 Å². The minimum atomic E-state index is 0.105. The predicted molar refractivity (Wildman–Crippen MR) is 80.5 cm³/mol. The number of rotatable bonds is 7. The Morgan fingerprint density at radius 3 is 2.84 bits per heavy atom. The average molecular weight is 277 g/mol. The first-order chi connectivity index (χ1) is 9.33. The van der Waals surface area contributed by atoms with Crippen LogP contribution in [0.4, 0.5) is 5.69 Å². The van der Waals surface area contributed by atoms with E-state index in [9.17, 15) is 0 Å². The quantitative estimate of drug-likeness (QED) is 0.816. The standard InChI is InChI=1S/C14H19N3OS/c1-19-11-14(12-5-3-2-4-6-12)16-13-9-15-17(10-13)7-8-18/h2-6,9-10,14,16,18H,7-8,11H2,1H3. The maximum Gasteiger partial charge on any atom is 0.0731 e. The largest absolute Gasteiger partial charge is 0.394 e. The Morgan fingerprint density at radius 1 is 1.37 bits per heavy atom. The molecule has 0 saturated carbocycles. The Labute approximate surface area is 117 Å². The van der Waals surface area contributed by atoms with Crippen LogP contribution in [0.2, 0.25) is 0 Å². The molecule has 2 N–H and O–H groups in total. The Balaban J connectivity index is 2.07. The third kappa shape index (κ3) is 4.01. The second-order valence-electron chi connectivity index (χ2n) is 4.28. The van der Waals surface area contributed by atoms with Crippen molar-refractivity contribution in [3.8, 4) is 0 Å². The Bertz CT molecular complexity index is 486. The first kappa shape index (κ1) is 14.0. The second kappa shape index (κ2) is 7.21. The van der Waals surface area contributed by atoms with Gasteiger partial charge >= 0.3 is 0 Å². The molecule has 0 fully saturated rings. The van der Waals surface area contributed by atoms with Crippen LogP contribution in [0.25, 0.3) is 0 Å². The van der Waals surface area contributed by atoms with E-state index in [1.165, 1.54) is 5.56 Å². The molecule has 0 saturated heterocycles. The van der Waals surface area contributed by atoms with Crippen LogP contribution in [0.5, 0.6) is 0 Å². The van der Waals surface area contributed by atoms with Crippen molar-refractivity contribution in [2.24, 2.45) is 0 Å². The zero-order valence-electron chi connectivity index (χ0n) is 11.0. The molecule has 1 aromatic carbocycles. The number of aliphatic hydroxyl groups excluding tert-OH is 1. The van der Waals surface area contributed by atoms with Crippen molar-refractivity contribution >= 4 is 17.4 Å². The van der Waals surface area contributed by atoms with Gasteiger partial charge in [0.1, 0.15) is 0 Å². The van der Waals surface area contributed by atoms with Gasteiger partial charge < -0.3 is 10.4 Å². The zero-order valence-corrected chi connectivity index (χ0v) is 11.8. The molecule has 0 aliphatic carbocycles. The van der Waals surface area contributed by atoms with Gasteiger partial charge in [0, 0.05) is 11.9 Å². The number of anilines is 1. The molecule has 0 bridgehead atoms. The van der Waals surface area contributed by atoms with E-state index in [2.05, 4.69) is 40.9 Å². The van der Waals surface area contributed by atoms with Crippen molar-refractivity contribution in [1.82, 2.24) is 9.78 Å². The van der Waals surface area contributed by atoms with E-state index < -0.39 is 0 Å². The van der Waals surface area contributed by atoms with Crippen LogP contribution in [0, 0.1) is 0 Å². The molecule has 0 spiro atoms. The summed E-state index contributed by atoms with van der Waals surface area (Å²) in [4.78, 5) is 0. The first-order valence-corrected chi connectivity index (χ1v) is 7.66. The van der Waals surface area contributed by atoms with Gasteiger partial charge in [-0.25, -0.2) is 0 Å². The third-order valence-corrected chi connectivity index (χ3v) is 3.51. The SMILES string of the molecule is CSCC(Nc1cnn(CCO)c1)c1ccccc1. The minimum absolute atomic E-state index is 0.105. The van der Waals surface area contributed by atoms with Crippen molar-refractivity contribution in [1.29, 1.82) is 0 Å². The normalized spacial score (nSPS) is 12.3. The lowest BCUT2D eigenvalue weighted by molar-refractivity contribution is 0.269. The maximum absolute atomic E-state index is 8.89. The highest BCUT2D eigenvalue weighted by Crippen LogP contribution is 2.22. The highest BCUT2D eigenvalue weighted by molar-refractivity contribution is 7.98. The molecule has 4 nitrogen and oxygen atoms in total. The second-order valence-corrected chi connectivity index (χ2v) is 5.19. The van der Waals surface area contributed by atoms with Crippen molar-refractivity contribution in [3.05, 3.63) is 48.3 Å². The highest BCUT2D eigenvalue weighted by Gasteiger charge is 2.11. The number of nitrogens with one attached hydrogen (secondary N) is 1. The molecule has 2 aromatic rings. The Kier molecular flexibility index (Phi) is 5.30. The van der Waals surface area contributed by atoms with Gasteiger partial charge in [0.2, 0.25) is 0 Å². The molecule has 1 atom stereocenters. The summed E-state index contributed by atoms with van der Waals surface area (Å²) >= 11 is 1.81.